The van der Waals surface area contributed by atoms with E-state index in [1.807, 2.05) is 13.8 Å². The number of aryl methyl sites for hydroxylation is 1. The molecule has 2 aromatic heterocycles. The lowest BCUT2D eigenvalue weighted by Crippen LogP contribution is -2.40. The molecule has 10 heteroatoms. The van der Waals surface area contributed by atoms with E-state index in [9.17, 15) is 14.0 Å². The van der Waals surface area contributed by atoms with Crippen molar-refractivity contribution in [2.45, 2.75) is 26.4 Å². The quantitative estimate of drug-likeness (QED) is 0.655. The summed E-state index contributed by atoms with van der Waals surface area (Å²) in [5, 5.41) is 6.12. The van der Waals surface area contributed by atoms with Gasteiger partial charge in [-0.2, -0.15) is 10.1 Å². The van der Waals surface area contributed by atoms with Crippen LogP contribution in [0.5, 0.6) is 0 Å². The van der Waals surface area contributed by atoms with Crippen molar-refractivity contribution < 1.29 is 4.39 Å². The van der Waals surface area contributed by atoms with Crippen molar-refractivity contribution in [3.05, 3.63) is 55.4 Å². The number of halogens is 2. The van der Waals surface area contributed by atoms with Crippen LogP contribution in [0.3, 0.4) is 0 Å². The van der Waals surface area contributed by atoms with Crippen molar-refractivity contribution in [1.29, 1.82) is 0 Å². The highest BCUT2D eigenvalue weighted by Crippen LogP contribution is 2.28. The number of hydrazone groups is 1. The van der Waals surface area contributed by atoms with E-state index in [4.69, 9.17) is 11.6 Å². The fourth-order valence-corrected chi connectivity index (χ4v) is 3.68. The Balaban J connectivity index is 2.03. The van der Waals surface area contributed by atoms with E-state index in [0.29, 0.717) is 5.95 Å². The summed E-state index contributed by atoms with van der Waals surface area (Å²) < 4.78 is 18.3. The molecule has 28 heavy (non-hydrogen) atoms. The number of anilines is 1. The zero-order chi connectivity index (χ0) is 20.3. The van der Waals surface area contributed by atoms with Gasteiger partial charge in [0.1, 0.15) is 5.82 Å². The zero-order valence-electron chi connectivity index (χ0n) is 15.8. The SMILES string of the molecule is CC1=NN(C)c2nc3c(c(=O)n(Cc4c(F)cccc4Cl)c(=O)n3C)n2C1C. The van der Waals surface area contributed by atoms with E-state index in [-0.39, 0.29) is 34.3 Å². The number of benzene rings is 1. The number of imidazole rings is 1. The largest absolute Gasteiger partial charge is 0.332 e. The van der Waals surface area contributed by atoms with Crippen molar-refractivity contribution in [2.24, 2.45) is 12.1 Å². The molecule has 1 aliphatic heterocycles. The molecule has 0 bridgehead atoms. The molecule has 4 rings (SSSR count). The Morgan fingerprint density at radius 1 is 1.25 bits per heavy atom. The van der Waals surface area contributed by atoms with E-state index < -0.39 is 17.1 Å². The molecule has 0 N–H and O–H groups in total. The maximum atomic E-state index is 14.2. The van der Waals surface area contributed by atoms with Crippen LogP contribution < -0.4 is 16.3 Å². The smallest absolute Gasteiger partial charge is 0.294 e. The molecule has 1 aromatic carbocycles. The van der Waals surface area contributed by atoms with Crippen LogP contribution in [0.1, 0.15) is 25.5 Å². The second-order valence-electron chi connectivity index (χ2n) is 6.83. The molecule has 0 saturated heterocycles. The predicted molar refractivity (Wildman–Crippen MR) is 106 cm³/mol. The summed E-state index contributed by atoms with van der Waals surface area (Å²) >= 11 is 6.09. The van der Waals surface area contributed by atoms with Gasteiger partial charge in [0.05, 0.1) is 18.3 Å². The van der Waals surface area contributed by atoms with Crippen LogP contribution in [0.4, 0.5) is 10.3 Å². The summed E-state index contributed by atoms with van der Waals surface area (Å²) in [5.41, 5.74) is 0.254. The Labute approximate surface area is 164 Å². The maximum Gasteiger partial charge on any atom is 0.332 e. The molecule has 1 atom stereocenters. The van der Waals surface area contributed by atoms with Crippen LogP contribution >= 0.6 is 11.6 Å². The van der Waals surface area contributed by atoms with Crippen molar-refractivity contribution in [2.75, 3.05) is 12.1 Å². The van der Waals surface area contributed by atoms with Gasteiger partial charge in [-0.1, -0.05) is 17.7 Å². The number of aromatic nitrogens is 4. The fraction of sp³-hybridized carbons (Fsp3) is 0.333. The Hall–Kier alpha value is -2.94. The number of fused-ring (bicyclic) bond motifs is 3. The molecule has 146 valence electrons. The van der Waals surface area contributed by atoms with Gasteiger partial charge in [0, 0.05) is 24.7 Å². The minimum atomic E-state index is -0.597. The first-order chi connectivity index (χ1) is 13.2. The second-order valence-corrected chi connectivity index (χ2v) is 7.24. The standard InChI is InChI=1S/C18H18ClFN6O2/c1-9-10(2)26-14-15(21-17(26)24(4)22-9)23(3)18(28)25(16(14)27)8-11-12(19)6-5-7-13(11)20/h5-7,10H,8H2,1-4H3. The number of hydrogen-bond donors (Lipinski definition) is 0. The van der Waals surface area contributed by atoms with E-state index in [2.05, 4.69) is 10.1 Å². The third kappa shape index (κ3) is 2.50. The minimum Gasteiger partial charge on any atom is -0.294 e. The lowest BCUT2D eigenvalue weighted by atomic mass is 10.2. The summed E-state index contributed by atoms with van der Waals surface area (Å²) in [5.74, 6) is -0.116. The molecule has 1 unspecified atom stereocenters. The summed E-state index contributed by atoms with van der Waals surface area (Å²) in [6.07, 6.45) is 0. The lowest BCUT2D eigenvalue weighted by Gasteiger charge is -2.26. The van der Waals surface area contributed by atoms with Crippen molar-refractivity contribution in [3.8, 4) is 0 Å². The Morgan fingerprint density at radius 3 is 2.64 bits per heavy atom. The van der Waals surface area contributed by atoms with Crippen LogP contribution in [0, 0.1) is 5.82 Å². The van der Waals surface area contributed by atoms with Crippen LogP contribution in [0.25, 0.3) is 11.2 Å². The highest BCUT2D eigenvalue weighted by Gasteiger charge is 2.29. The van der Waals surface area contributed by atoms with Crippen molar-refractivity contribution in [1.82, 2.24) is 18.7 Å². The summed E-state index contributed by atoms with van der Waals surface area (Å²) in [7, 11) is 3.25. The molecule has 8 nitrogen and oxygen atoms in total. The second kappa shape index (κ2) is 6.30. The van der Waals surface area contributed by atoms with E-state index in [0.717, 1.165) is 10.3 Å². The highest BCUT2D eigenvalue weighted by atomic mass is 35.5. The van der Waals surface area contributed by atoms with E-state index >= 15 is 0 Å². The minimum absolute atomic E-state index is 0.0870. The molecule has 0 saturated carbocycles. The van der Waals surface area contributed by atoms with Crippen LogP contribution in [-0.4, -0.2) is 31.4 Å². The molecule has 3 heterocycles. The average molecular weight is 405 g/mol. The van der Waals surface area contributed by atoms with Gasteiger partial charge in [-0.25, -0.2) is 14.2 Å². The molecule has 0 amide bonds. The van der Waals surface area contributed by atoms with Gasteiger partial charge in [0.2, 0.25) is 5.95 Å². The Kier molecular flexibility index (Phi) is 4.15. The first-order valence-corrected chi connectivity index (χ1v) is 9.03. The summed E-state index contributed by atoms with van der Waals surface area (Å²) in [6, 6.07) is 4.02. The first kappa shape index (κ1) is 18.4. The Bertz CT molecular complexity index is 1250. The lowest BCUT2D eigenvalue weighted by molar-refractivity contribution is 0.581. The number of nitrogens with zero attached hydrogens (tertiary/aromatic N) is 6. The van der Waals surface area contributed by atoms with E-state index in [1.54, 1.807) is 16.6 Å². The Morgan fingerprint density at radius 2 is 1.96 bits per heavy atom. The van der Waals surface area contributed by atoms with Gasteiger partial charge in [-0.05, 0) is 26.0 Å². The monoisotopic (exact) mass is 404 g/mol. The van der Waals surface area contributed by atoms with Gasteiger partial charge < -0.3 is 0 Å². The third-order valence-corrected chi connectivity index (χ3v) is 5.48. The summed E-state index contributed by atoms with van der Waals surface area (Å²) in [6.45, 7) is 3.49. The van der Waals surface area contributed by atoms with Gasteiger partial charge in [-0.3, -0.25) is 18.5 Å². The topological polar surface area (TPSA) is 77.4 Å². The zero-order valence-corrected chi connectivity index (χ0v) is 16.5. The molecule has 0 radical (unpaired) electrons. The highest BCUT2D eigenvalue weighted by molar-refractivity contribution is 6.31. The van der Waals surface area contributed by atoms with Crippen LogP contribution in [0.2, 0.25) is 5.02 Å². The van der Waals surface area contributed by atoms with Crippen LogP contribution in [0.15, 0.2) is 32.9 Å². The normalized spacial score (nSPS) is 16.4. The molecule has 3 aromatic rings. The van der Waals surface area contributed by atoms with Gasteiger partial charge in [-0.15, -0.1) is 0 Å². The molecule has 0 spiro atoms. The molecule has 0 fully saturated rings. The molecular formula is C18H18ClFN6O2. The third-order valence-electron chi connectivity index (χ3n) is 5.12. The maximum absolute atomic E-state index is 14.2. The molecule has 1 aliphatic rings. The summed E-state index contributed by atoms with van der Waals surface area (Å²) in [4.78, 5) is 30.6. The van der Waals surface area contributed by atoms with Crippen molar-refractivity contribution >= 4 is 34.4 Å². The first-order valence-electron chi connectivity index (χ1n) is 8.65. The number of hydrogen-bond acceptors (Lipinski definition) is 5. The molecule has 0 aliphatic carbocycles. The van der Waals surface area contributed by atoms with Gasteiger partial charge in [0.15, 0.2) is 11.2 Å². The fourth-order valence-electron chi connectivity index (χ4n) is 3.46. The van der Waals surface area contributed by atoms with Gasteiger partial charge >= 0.3 is 5.69 Å². The number of rotatable bonds is 2. The van der Waals surface area contributed by atoms with Crippen molar-refractivity contribution in [3.63, 3.8) is 0 Å². The molecular weight excluding hydrogens is 387 g/mol. The predicted octanol–water partition coefficient (Wildman–Crippen LogP) is 2.12. The van der Waals surface area contributed by atoms with E-state index in [1.165, 1.54) is 29.8 Å². The average Bonchev–Trinajstić information content (AvgIpc) is 3.05. The van der Waals surface area contributed by atoms with Gasteiger partial charge in [0.25, 0.3) is 5.56 Å². The van der Waals surface area contributed by atoms with Crippen LogP contribution in [-0.2, 0) is 13.6 Å².